The maximum atomic E-state index is 9.78. The van der Waals surface area contributed by atoms with Gasteiger partial charge in [-0.3, -0.25) is 0 Å². The second kappa shape index (κ2) is 9.17. The number of hydrogen-bond acceptors (Lipinski definition) is 2. The summed E-state index contributed by atoms with van der Waals surface area (Å²) in [5.74, 6) is 0.764. The lowest BCUT2D eigenvalue weighted by molar-refractivity contribution is 0.131. The zero-order chi connectivity index (χ0) is 11.7. The minimum absolute atomic E-state index is 0.0932. The van der Waals surface area contributed by atoms with Crippen molar-refractivity contribution < 1.29 is 5.11 Å². The van der Waals surface area contributed by atoms with Crippen molar-refractivity contribution in [3.8, 4) is 0 Å². The lowest BCUT2D eigenvalue weighted by Crippen LogP contribution is -2.27. The fourth-order valence-electron chi connectivity index (χ4n) is 1.78. The molecule has 0 fully saturated rings. The van der Waals surface area contributed by atoms with E-state index in [1.807, 2.05) is 0 Å². The van der Waals surface area contributed by atoms with E-state index < -0.39 is 0 Å². The van der Waals surface area contributed by atoms with Crippen molar-refractivity contribution in [2.24, 2.45) is 5.92 Å². The Morgan fingerprint density at radius 3 is 2.07 bits per heavy atom. The molecule has 0 aromatic carbocycles. The molecule has 0 aliphatic rings. The summed E-state index contributed by atoms with van der Waals surface area (Å²) in [5.41, 5.74) is 0. The maximum Gasteiger partial charge on any atom is 0.0552 e. The Balaban J connectivity index is 3.43. The highest BCUT2D eigenvalue weighted by Gasteiger charge is 2.07. The number of hydrogen-bond donors (Lipinski definition) is 1. The molecule has 2 heteroatoms. The van der Waals surface area contributed by atoms with Gasteiger partial charge in [0.15, 0.2) is 0 Å². The third-order valence-electron chi connectivity index (χ3n) is 2.99. The molecule has 0 rings (SSSR count). The van der Waals surface area contributed by atoms with Crippen LogP contribution in [-0.2, 0) is 0 Å². The van der Waals surface area contributed by atoms with Gasteiger partial charge in [-0.25, -0.2) is 0 Å². The molecular weight excluding hydrogens is 186 g/mol. The molecule has 0 amide bonds. The average molecular weight is 215 g/mol. The number of rotatable bonds is 9. The molecule has 0 aromatic rings. The quantitative estimate of drug-likeness (QED) is 0.639. The van der Waals surface area contributed by atoms with Gasteiger partial charge in [-0.15, -0.1) is 0 Å². The highest BCUT2D eigenvalue weighted by atomic mass is 16.3. The zero-order valence-corrected chi connectivity index (χ0v) is 11.0. The smallest absolute Gasteiger partial charge is 0.0552 e. The normalized spacial score (nSPS) is 13.8. The van der Waals surface area contributed by atoms with Crippen molar-refractivity contribution in [1.82, 2.24) is 4.90 Å². The van der Waals surface area contributed by atoms with Crippen LogP contribution in [0.1, 0.15) is 53.4 Å². The molecule has 2 nitrogen and oxygen atoms in total. The van der Waals surface area contributed by atoms with Crippen LogP contribution in [0.5, 0.6) is 0 Å². The van der Waals surface area contributed by atoms with Gasteiger partial charge in [-0.2, -0.15) is 0 Å². The van der Waals surface area contributed by atoms with Crippen LogP contribution in [0.2, 0.25) is 0 Å². The van der Waals surface area contributed by atoms with Crippen LogP contribution in [0, 0.1) is 5.92 Å². The molecule has 0 aromatic heterocycles. The molecule has 0 saturated heterocycles. The molecule has 0 radical (unpaired) electrons. The Hall–Kier alpha value is -0.0800. The van der Waals surface area contributed by atoms with E-state index in [0.29, 0.717) is 0 Å². The fourth-order valence-corrected chi connectivity index (χ4v) is 1.78. The molecule has 1 unspecified atom stereocenters. The van der Waals surface area contributed by atoms with E-state index in [1.165, 1.54) is 6.42 Å². The highest BCUT2D eigenvalue weighted by molar-refractivity contribution is 4.61. The van der Waals surface area contributed by atoms with Crippen molar-refractivity contribution in [2.75, 3.05) is 19.6 Å². The van der Waals surface area contributed by atoms with Crippen LogP contribution >= 0.6 is 0 Å². The van der Waals surface area contributed by atoms with Crippen molar-refractivity contribution in [3.05, 3.63) is 0 Å². The van der Waals surface area contributed by atoms with Crippen LogP contribution in [0.15, 0.2) is 0 Å². The molecule has 1 N–H and O–H groups in total. The van der Waals surface area contributed by atoms with E-state index in [0.717, 1.165) is 44.8 Å². The molecule has 0 aliphatic heterocycles. The third-order valence-corrected chi connectivity index (χ3v) is 2.99. The summed E-state index contributed by atoms with van der Waals surface area (Å²) >= 11 is 0. The largest absolute Gasteiger partial charge is 0.393 e. The fraction of sp³-hybridized carbons (Fsp3) is 1.00. The van der Waals surface area contributed by atoms with Crippen molar-refractivity contribution in [1.29, 1.82) is 0 Å². The maximum absolute atomic E-state index is 9.78. The predicted octanol–water partition coefficient (Wildman–Crippen LogP) is 2.91. The van der Waals surface area contributed by atoms with Crippen molar-refractivity contribution >= 4 is 0 Å². The first-order chi connectivity index (χ1) is 7.10. The summed E-state index contributed by atoms with van der Waals surface area (Å²) < 4.78 is 0. The topological polar surface area (TPSA) is 23.5 Å². The molecule has 0 aliphatic carbocycles. The molecular formula is C13H29NO. The third kappa shape index (κ3) is 8.88. The van der Waals surface area contributed by atoms with E-state index in [9.17, 15) is 5.11 Å². The van der Waals surface area contributed by atoms with Crippen LogP contribution in [-0.4, -0.2) is 35.7 Å². The Bertz CT molecular complexity index is 132. The molecule has 0 bridgehead atoms. The van der Waals surface area contributed by atoms with E-state index in [-0.39, 0.29) is 6.10 Å². The Kier molecular flexibility index (Phi) is 9.12. The van der Waals surface area contributed by atoms with Gasteiger partial charge in [0.2, 0.25) is 0 Å². The van der Waals surface area contributed by atoms with Gasteiger partial charge < -0.3 is 10.0 Å². The summed E-state index contributed by atoms with van der Waals surface area (Å²) in [6.45, 7) is 12.0. The summed E-state index contributed by atoms with van der Waals surface area (Å²) in [4.78, 5) is 2.37. The standard InChI is InChI=1S/C13H29NO/c1-5-14(6-2)11-10-13(15)9-7-8-12(3)4/h12-13,15H,5-11H2,1-4H3. The van der Waals surface area contributed by atoms with Crippen molar-refractivity contribution in [2.45, 2.75) is 59.5 Å². The first-order valence-electron chi connectivity index (χ1n) is 6.50. The van der Waals surface area contributed by atoms with Crippen LogP contribution in [0.25, 0.3) is 0 Å². The first kappa shape index (κ1) is 14.9. The lowest BCUT2D eigenvalue weighted by atomic mass is 10.0. The van der Waals surface area contributed by atoms with Gasteiger partial charge in [0.25, 0.3) is 0 Å². The second-order valence-corrected chi connectivity index (χ2v) is 4.79. The SMILES string of the molecule is CCN(CC)CCC(O)CCCC(C)C. The summed E-state index contributed by atoms with van der Waals surface area (Å²) in [6.07, 6.45) is 4.21. The number of nitrogens with zero attached hydrogens (tertiary/aromatic N) is 1. The molecule has 92 valence electrons. The van der Waals surface area contributed by atoms with E-state index in [2.05, 4.69) is 32.6 Å². The number of aliphatic hydroxyl groups excluding tert-OH is 1. The van der Waals surface area contributed by atoms with Gasteiger partial charge in [-0.05, 0) is 31.8 Å². The van der Waals surface area contributed by atoms with E-state index >= 15 is 0 Å². The van der Waals surface area contributed by atoms with E-state index in [4.69, 9.17) is 0 Å². The number of aliphatic hydroxyl groups is 1. The van der Waals surface area contributed by atoms with Gasteiger partial charge in [-0.1, -0.05) is 40.5 Å². The lowest BCUT2D eigenvalue weighted by Gasteiger charge is -2.20. The Morgan fingerprint density at radius 2 is 1.60 bits per heavy atom. The van der Waals surface area contributed by atoms with Gasteiger partial charge >= 0.3 is 0 Å². The van der Waals surface area contributed by atoms with Crippen molar-refractivity contribution in [3.63, 3.8) is 0 Å². The monoisotopic (exact) mass is 215 g/mol. The minimum atomic E-state index is -0.0932. The second-order valence-electron chi connectivity index (χ2n) is 4.79. The first-order valence-corrected chi connectivity index (χ1v) is 6.50. The van der Waals surface area contributed by atoms with Crippen LogP contribution in [0.4, 0.5) is 0 Å². The molecule has 0 saturated carbocycles. The minimum Gasteiger partial charge on any atom is -0.393 e. The predicted molar refractivity (Wildman–Crippen MR) is 67.1 cm³/mol. The highest BCUT2D eigenvalue weighted by Crippen LogP contribution is 2.10. The van der Waals surface area contributed by atoms with Gasteiger partial charge in [0.05, 0.1) is 6.10 Å². The van der Waals surface area contributed by atoms with Gasteiger partial charge in [0.1, 0.15) is 0 Å². The Labute approximate surface area is 95.7 Å². The van der Waals surface area contributed by atoms with Crippen LogP contribution in [0.3, 0.4) is 0 Å². The summed E-state index contributed by atoms with van der Waals surface area (Å²) in [5, 5.41) is 9.78. The zero-order valence-electron chi connectivity index (χ0n) is 11.0. The molecule has 0 spiro atoms. The van der Waals surface area contributed by atoms with Crippen LogP contribution < -0.4 is 0 Å². The summed E-state index contributed by atoms with van der Waals surface area (Å²) in [7, 11) is 0. The summed E-state index contributed by atoms with van der Waals surface area (Å²) in [6, 6.07) is 0. The van der Waals surface area contributed by atoms with E-state index in [1.54, 1.807) is 0 Å². The molecule has 15 heavy (non-hydrogen) atoms. The average Bonchev–Trinajstić information content (AvgIpc) is 2.18. The molecule has 1 atom stereocenters. The van der Waals surface area contributed by atoms with Gasteiger partial charge in [0, 0.05) is 6.54 Å². The molecule has 0 heterocycles. The Morgan fingerprint density at radius 1 is 1.00 bits per heavy atom.